The summed E-state index contributed by atoms with van der Waals surface area (Å²) in [5.41, 5.74) is -0.727. The molecule has 1 rings (SSSR count). The molecule has 0 radical (unpaired) electrons. The SMILES string of the molecule is CCOCCNC1(C(=O)O)CCCCC1C. The van der Waals surface area contributed by atoms with E-state index in [2.05, 4.69) is 5.32 Å². The highest BCUT2D eigenvalue weighted by Gasteiger charge is 2.44. The standard InChI is InChI=1S/C12H23NO3/c1-3-16-9-8-13-12(11(14)15)7-5-4-6-10(12)2/h10,13H,3-9H2,1-2H3,(H,14,15). The molecule has 0 spiro atoms. The van der Waals surface area contributed by atoms with E-state index in [9.17, 15) is 9.90 Å². The van der Waals surface area contributed by atoms with Crippen LogP contribution in [0.2, 0.25) is 0 Å². The molecule has 16 heavy (non-hydrogen) atoms. The van der Waals surface area contributed by atoms with Gasteiger partial charge in [0.25, 0.3) is 0 Å². The third kappa shape index (κ3) is 2.95. The van der Waals surface area contributed by atoms with Gasteiger partial charge in [0, 0.05) is 13.2 Å². The molecule has 0 aliphatic heterocycles. The van der Waals surface area contributed by atoms with Crippen molar-refractivity contribution >= 4 is 5.97 Å². The summed E-state index contributed by atoms with van der Waals surface area (Å²) in [6.45, 7) is 5.84. The maximum atomic E-state index is 11.4. The Kier molecular flexibility index (Phi) is 5.22. The normalized spacial score (nSPS) is 30.2. The summed E-state index contributed by atoms with van der Waals surface area (Å²) in [5.74, 6) is -0.517. The van der Waals surface area contributed by atoms with Crippen LogP contribution < -0.4 is 5.32 Å². The van der Waals surface area contributed by atoms with Crippen LogP contribution in [-0.2, 0) is 9.53 Å². The summed E-state index contributed by atoms with van der Waals surface area (Å²) in [4.78, 5) is 11.4. The first-order chi connectivity index (χ1) is 7.63. The molecule has 0 amide bonds. The lowest BCUT2D eigenvalue weighted by atomic mass is 9.73. The van der Waals surface area contributed by atoms with E-state index in [-0.39, 0.29) is 5.92 Å². The van der Waals surface area contributed by atoms with Crippen LogP contribution in [0.3, 0.4) is 0 Å². The number of aliphatic carboxylic acids is 1. The fourth-order valence-corrected chi connectivity index (χ4v) is 2.49. The monoisotopic (exact) mass is 229 g/mol. The lowest BCUT2D eigenvalue weighted by Gasteiger charge is -2.39. The van der Waals surface area contributed by atoms with Crippen molar-refractivity contribution < 1.29 is 14.6 Å². The minimum Gasteiger partial charge on any atom is -0.480 e. The lowest BCUT2D eigenvalue weighted by molar-refractivity contribution is -0.149. The number of carbonyl (C=O) groups is 1. The van der Waals surface area contributed by atoms with Crippen LogP contribution in [0.5, 0.6) is 0 Å². The van der Waals surface area contributed by atoms with E-state index in [0.29, 0.717) is 19.8 Å². The van der Waals surface area contributed by atoms with Gasteiger partial charge < -0.3 is 9.84 Å². The van der Waals surface area contributed by atoms with E-state index in [0.717, 1.165) is 25.7 Å². The van der Waals surface area contributed by atoms with E-state index in [1.54, 1.807) is 0 Å². The zero-order chi connectivity index (χ0) is 12.0. The number of carboxylic acid groups (broad SMARTS) is 1. The molecule has 2 atom stereocenters. The van der Waals surface area contributed by atoms with Crippen molar-refractivity contribution in [3.05, 3.63) is 0 Å². The number of hydrogen-bond donors (Lipinski definition) is 2. The maximum absolute atomic E-state index is 11.4. The fraction of sp³-hybridized carbons (Fsp3) is 0.917. The summed E-state index contributed by atoms with van der Waals surface area (Å²) in [5, 5.41) is 12.6. The van der Waals surface area contributed by atoms with Crippen LogP contribution in [-0.4, -0.2) is 36.4 Å². The minimum atomic E-state index is -0.727. The molecule has 4 heteroatoms. The molecule has 2 N–H and O–H groups in total. The Morgan fingerprint density at radius 3 is 2.88 bits per heavy atom. The van der Waals surface area contributed by atoms with Gasteiger partial charge in [-0.25, -0.2) is 0 Å². The van der Waals surface area contributed by atoms with Crippen LogP contribution in [0.1, 0.15) is 39.5 Å². The number of ether oxygens (including phenoxy) is 1. The highest BCUT2D eigenvalue weighted by Crippen LogP contribution is 2.33. The molecule has 1 saturated carbocycles. The van der Waals surface area contributed by atoms with Gasteiger partial charge in [-0.05, 0) is 25.7 Å². The Morgan fingerprint density at radius 2 is 2.31 bits per heavy atom. The molecule has 0 bridgehead atoms. The van der Waals surface area contributed by atoms with Crippen LogP contribution in [0, 0.1) is 5.92 Å². The second kappa shape index (κ2) is 6.21. The molecule has 0 saturated heterocycles. The highest BCUT2D eigenvalue weighted by atomic mass is 16.5. The van der Waals surface area contributed by atoms with E-state index in [4.69, 9.17) is 4.74 Å². The number of rotatable bonds is 6. The molecule has 0 aromatic rings. The third-order valence-corrected chi connectivity index (χ3v) is 3.57. The van der Waals surface area contributed by atoms with Crippen molar-refractivity contribution in [2.45, 2.75) is 45.1 Å². The predicted molar refractivity (Wildman–Crippen MR) is 62.5 cm³/mol. The first kappa shape index (κ1) is 13.5. The maximum Gasteiger partial charge on any atom is 0.324 e. The van der Waals surface area contributed by atoms with Crippen molar-refractivity contribution in [2.75, 3.05) is 19.8 Å². The Hall–Kier alpha value is -0.610. The van der Waals surface area contributed by atoms with Crippen LogP contribution in [0.15, 0.2) is 0 Å². The average Bonchev–Trinajstić information content (AvgIpc) is 2.26. The summed E-state index contributed by atoms with van der Waals surface area (Å²) >= 11 is 0. The molecule has 1 aliphatic carbocycles. The number of nitrogens with one attached hydrogen (secondary N) is 1. The minimum absolute atomic E-state index is 0.195. The van der Waals surface area contributed by atoms with Crippen molar-refractivity contribution in [1.29, 1.82) is 0 Å². The van der Waals surface area contributed by atoms with Gasteiger partial charge in [0.1, 0.15) is 5.54 Å². The van der Waals surface area contributed by atoms with Gasteiger partial charge in [0.15, 0.2) is 0 Å². The van der Waals surface area contributed by atoms with Gasteiger partial charge in [0.2, 0.25) is 0 Å². The van der Waals surface area contributed by atoms with E-state index in [1.807, 2.05) is 13.8 Å². The first-order valence-electron chi connectivity index (χ1n) is 6.19. The van der Waals surface area contributed by atoms with E-state index >= 15 is 0 Å². The molecule has 94 valence electrons. The first-order valence-corrected chi connectivity index (χ1v) is 6.19. The Morgan fingerprint density at radius 1 is 1.56 bits per heavy atom. The van der Waals surface area contributed by atoms with Crippen molar-refractivity contribution in [3.63, 3.8) is 0 Å². The largest absolute Gasteiger partial charge is 0.480 e. The van der Waals surface area contributed by atoms with Gasteiger partial charge in [0.05, 0.1) is 6.61 Å². The van der Waals surface area contributed by atoms with Gasteiger partial charge in [-0.1, -0.05) is 19.8 Å². The van der Waals surface area contributed by atoms with Crippen molar-refractivity contribution in [3.8, 4) is 0 Å². The van der Waals surface area contributed by atoms with E-state index < -0.39 is 11.5 Å². The Balaban J connectivity index is 2.54. The van der Waals surface area contributed by atoms with Crippen LogP contribution in [0.4, 0.5) is 0 Å². The number of hydrogen-bond acceptors (Lipinski definition) is 3. The zero-order valence-corrected chi connectivity index (χ0v) is 10.3. The zero-order valence-electron chi connectivity index (χ0n) is 10.3. The van der Waals surface area contributed by atoms with Gasteiger partial charge in [-0.15, -0.1) is 0 Å². The van der Waals surface area contributed by atoms with E-state index in [1.165, 1.54) is 0 Å². The Bertz CT molecular complexity index is 232. The summed E-state index contributed by atoms with van der Waals surface area (Å²) < 4.78 is 5.23. The summed E-state index contributed by atoms with van der Waals surface area (Å²) in [7, 11) is 0. The molecule has 0 aromatic carbocycles. The molecule has 2 unspecified atom stereocenters. The molecular weight excluding hydrogens is 206 g/mol. The molecule has 1 aliphatic rings. The molecule has 1 fully saturated rings. The highest BCUT2D eigenvalue weighted by molar-refractivity contribution is 5.79. The Labute approximate surface area is 97.4 Å². The van der Waals surface area contributed by atoms with Crippen LogP contribution >= 0.6 is 0 Å². The van der Waals surface area contributed by atoms with Gasteiger partial charge >= 0.3 is 5.97 Å². The molecule has 4 nitrogen and oxygen atoms in total. The fourth-order valence-electron chi connectivity index (χ4n) is 2.49. The predicted octanol–water partition coefficient (Wildman–Crippen LogP) is 1.65. The quantitative estimate of drug-likeness (QED) is 0.680. The second-order valence-corrected chi connectivity index (χ2v) is 4.55. The topological polar surface area (TPSA) is 58.6 Å². The second-order valence-electron chi connectivity index (χ2n) is 4.55. The molecule has 0 aromatic heterocycles. The molecular formula is C12H23NO3. The molecule has 0 heterocycles. The average molecular weight is 229 g/mol. The van der Waals surface area contributed by atoms with Gasteiger partial charge in [-0.3, -0.25) is 10.1 Å². The van der Waals surface area contributed by atoms with Gasteiger partial charge in [-0.2, -0.15) is 0 Å². The smallest absolute Gasteiger partial charge is 0.324 e. The third-order valence-electron chi connectivity index (χ3n) is 3.57. The summed E-state index contributed by atoms with van der Waals surface area (Å²) in [6.07, 6.45) is 3.87. The van der Waals surface area contributed by atoms with Crippen molar-refractivity contribution in [1.82, 2.24) is 5.32 Å². The lowest BCUT2D eigenvalue weighted by Crippen LogP contribution is -2.58. The van der Waals surface area contributed by atoms with Crippen molar-refractivity contribution in [2.24, 2.45) is 5.92 Å². The number of carboxylic acids is 1. The summed E-state index contributed by atoms with van der Waals surface area (Å²) in [6, 6.07) is 0. The van der Waals surface area contributed by atoms with Crippen LogP contribution in [0.25, 0.3) is 0 Å².